The third kappa shape index (κ3) is 13.5. The number of hydrogen-bond acceptors (Lipinski definition) is 1. The summed E-state index contributed by atoms with van der Waals surface area (Å²) in [7, 11) is 0. The minimum absolute atomic E-state index is 0.277. The van der Waals surface area contributed by atoms with Gasteiger partial charge in [-0.15, -0.1) is 0 Å². The maximum Gasteiger partial charge on any atom is 0.303 e. The van der Waals surface area contributed by atoms with Crippen LogP contribution in [0.25, 0.3) is 0 Å². The Morgan fingerprint density at radius 3 is 2.07 bits per heavy atom. The van der Waals surface area contributed by atoms with Crippen LogP contribution in [0.2, 0.25) is 0 Å². The van der Waals surface area contributed by atoms with Gasteiger partial charge in [0.05, 0.1) is 0 Å². The van der Waals surface area contributed by atoms with Gasteiger partial charge in [0.15, 0.2) is 0 Å². The van der Waals surface area contributed by atoms with E-state index in [1.165, 1.54) is 0 Å². The normalized spacial score (nSPS) is 13.4. The summed E-state index contributed by atoms with van der Waals surface area (Å²) in [6, 6.07) is 0. The number of carboxylic acid groups (broad SMARTS) is 1. The quantitative estimate of drug-likeness (QED) is 0.520. The fourth-order valence-corrected chi connectivity index (χ4v) is 1.54. The Hall–Kier alpha value is -0.530. The Labute approximate surface area is 96.9 Å². The smallest absolute Gasteiger partial charge is 0.303 e. The molecule has 0 aromatic rings. The molecule has 0 atom stereocenters. The van der Waals surface area contributed by atoms with Crippen molar-refractivity contribution in [2.75, 3.05) is 0 Å². The van der Waals surface area contributed by atoms with E-state index in [4.69, 9.17) is 7.85 Å². The Balaban J connectivity index is 3.26. The monoisotopic (exact) mass is 216 g/mol. The first kappa shape index (κ1) is 11.0. The summed E-state index contributed by atoms with van der Waals surface area (Å²) in [5.41, 5.74) is 0. The third-order valence-corrected chi connectivity index (χ3v) is 2.42. The van der Waals surface area contributed by atoms with Crippen LogP contribution in [0, 0.1) is 0 Å². The van der Waals surface area contributed by atoms with Gasteiger partial charge in [0.2, 0.25) is 0 Å². The van der Waals surface area contributed by atoms with Gasteiger partial charge in [-0.3, -0.25) is 4.79 Å². The molecule has 0 amide bonds. The van der Waals surface area contributed by atoms with Crippen molar-refractivity contribution in [3.63, 3.8) is 0 Å². The van der Waals surface area contributed by atoms with E-state index in [2.05, 4.69) is 0 Å². The molecule has 0 radical (unpaired) electrons. The second kappa shape index (κ2) is 11.5. The zero-order valence-corrected chi connectivity index (χ0v) is 9.93. The Kier molecular flexibility index (Phi) is 8.44. The van der Waals surface area contributed by atoms with Gasteiger partial charge in [0.25, 0.3) is 0 Å². The first-order valence-electron chi connectivity index (χ1n) is 7.20. The average Bonchev–Trinajstić information content (AvgIpc) is 2.21. The predicted molar refractivity (Wildman–Crippen MR) is 64.1 cm³/mol. The molecule has 1 N–H and O–H groups in total. The van der Waals surface area contributed by atoms with Gasteiger partial charge < -0.3 is 5.11 Å². The molecule has 0 saturated carbocycles. The molecule has 0 aliphatic heterocycles. The molecule has 90 valence electrons. The number of aliphatic carboxylic acids is 1. The van der Waals surface area contributed by atoms with Crippen molar-refractivity contribution in [2.24, 2.45) is 0 Å². The highest BCUT2D eigenvalue weighted by molar-refractivity contribution is 5.66. The zero-order chi connectivity index (χ0) is 13.1. The molecule has 0 heterocycles. The van der Waals surface area contributed by atoms with E-state index in [1.54, 1.807) is 0 Å². The zero-order valence-electron chi connectivity index (χ0n) is 11.9. The first-order valence-corrected chi connectivity index (χ1v) is 6.20. The van der Waals surface area contributed by atoms with Crippen molar-refractivity contribution < 1.29 is 12.6 Å². The van der Waals surface area contributed by atoms with E-state index >= 15 is 0 Å². The van der Waals surface area contributed by atoms with E-state index in [0.29, 0.717) is 12.8 Å². The Morgan fingerprint density at radius 2 is 1.53 bits per heavy atom. The van der Waals surface area contributed by atoms with Gasteiger partial charge in [0.1, 0.15) is 0 Å². The molecule has 0 aromatic heterocycles. The molecule has 0 saturated heterocycles. The molecule has 0 bridgehead atoms. The lowest BCUT2D eigenvalue weighted by Crippen LogP contribution is -1.93. The summed E-state index contributed by atoms with van der Waals surface area (Å²) < 4.78 is 15.4. The van der Waals surface area contributed by atoms with E-state index in [-0.39, 0.29) is 6.42 Å². The maximum absolute atomic E-state index is 10.3. The number of carbonyl (C=O) groups is 1. The lowest BCUT2D eigenvalue weighted by atomic mass is 10.1. The van der Waals surface area contributed by atoms with Crippen LogP contribution in [-0.4, -0.2) is 11.1 Å². The van der Waals surface area contributed by atoms with Crippen LogP contribution in [0.1, 0.15) is 80.2 Å². The van der Waals surface area contributed by atoms with Crippen LogP contribution in [0.4, 0.5) is 0 Å². The molecule has 2 nitrogen and oxygen atoms in total. The lowest BCUT2D eigenvalue weighted by Gasteiger charge is -2.01. The number of carboxylic acids is 1. The largest absolute Gasteiger partial charge is 0.481 e. The third-order valence-electron chi connectivity index (χ3n) is 2.42. The summed E-state index contributed by atoms with van der Waals surface area (Å²) in [4.78, 5) is 10.3. The summed E-state index contributed by atoms with van der Waals surface area (Å²) in [5, 5.41) is 8.45. The summed E-state index contributed by atoms with van der Waals surface area (Å²) >= 11 is 0. The Morgan fingerprint density at radius 1 is 1.00 bits per heavy atom. The van der Waals surface area contributed by atoms with Crippen molar-refractivity contribution in [3.8, 4) is 0 Å². The van der Waals surface area contributed by atoms with Gasteiger partial charge in [-0.2, -0.15) is 0 Å². The van der Waals surface area contributed by atoms with E-state index < -0.39 is 12.3 Å². The second-order valence-corrected chi connectivity index (χ2v) is 4.02. The molecular formula is C13H26O2. The van der Waals surface area contributed by atoms with Gasteiger partial charge in [0, 0.05) is 9.16 Å². The van der Waals surface area contributed by atoms with E-state index in [0.717, 1.165) is 44.9 Å². The van der Waals surface area contributed by atoms with Crippen LogP contribution in [0.15, 0.2) is 0 Å². The molecule has 0 aliphatic carbocycles. The van der Waals surface area contributed by atoms with Crippen molar-refractivity contribution in [1.29, 1.82) is 0 Å². The highest BCUT2D eigenvalue weighted by atomic mass is 16.4. The van der Waals surface area contributed by atoms with Gasteiger partial charge in [-0.25, -0.2) is 0 Å². The SMILES string of the molecule is [2H]C([2H])(CCC)CCCCCCCCC(=O)O. The summed E-state index contributed by atoms with van der Waals surface area (Å²) in [5.74, 6) is -0.710. The minimum Gasteiger partial charge on any atom is -0.481 e. The fourth-order valence-electron chi connectivity index (χ4n) is 1.54. The highest BCUT2D eigenvalue weighted by Gasteiger charge is 1.96. The predicted octanol–water partition coefficient (Wildman–Crippen LogP) is 4.38. The molecule has 0 fully saturated rings. The fraction of sp³-hybridized carbons (Fsp3) is 0.923. The molecule has 0 aromatic carbocycles. The summed E-state index contributed by atoms with van der Waals surface area (Å²) in [6.45, 7) is 2.01. The van der Waals surface area contributed by atoms with Gasteiger partial charge in [-0.1, -0.05) is 64.7 Å². The number of unbranched alkanes of at least 4 members (excludes halogenated alkanes) is 5. The van der Waals surface area contributed by atoms with Gasteiger partial charge in [-0.05, 0) is 6.42 Å². The molecule has 0 aliphatic rings. The van der Waals surface area contributed by atoms with E-state index in [1.807, 2.05) is 6.92 Å². The van der Waals surface area contributed by atoms with E-state index in [9.17, 15) is 4.79 Å². The highest BCUT2D eigenvalue weighted by Crippen LogP contribution is 2.10. The second-order valence-electron chi connectivity index (χ2n) is 4.02. The molecule has 0 rings (SSSR count). The minimum atomic E-state index is -0.988. The number of rotatable bonds is 11. The number of hydrogen-bond donors (Lipinski definition) is 1. The molecule has 0 spiro atoms. The summed E-state index contributed by atoms with van der Waals surface area (Å²) in [6.07, 6.45) is 7.45. The van der Waals surface area contributed by atoms with Crippen molar-refractivity contribution >= 4 is 5.97 Å². The van der Waals surface area contributed by atoms with Crippen LogP contribution in [0.5, 0.6) is 0 Å². The van der Waals surface area contributed by atoms with Crippen LogP contribution >= 0.6 is 0 Å². The average molecular weight is 216 g/mol. The van der Waals surface area contributed by atoms with Crippen LogP contribution < -0.4 is 0 Å². The van der Waals surface area contributed by atoms with Crippen LogP contribution in [0.3, 0.4) is 0 Å². The van der Waals surface area contributed by atoms with Crippen molar-refractivity contribution in [2.45, 2.75) is 77.5 Å². The molecule has 2 heteroatoms. The molecular weight excluding hydrogens is 188 g/mol. The first-order chi connectivity index (χ1) is 7.98. The standard InChI is InChI=1S/C13H26O2/c1-2-3-4-5-6-7-8-9-10-11-12-13(14)15/h2-12H2,1H3,(H,14,15)/i4D2. The van der Waals surface area contributed by atoms with Crippen molar-refractivity contribution in [1.82, 2.24) is 0 Å². The Bertz CT molecular complexity index is 206. The molecule has 0 unspecified atom stereocenters. The molecule has 15 heavy (non-hydrogen) atoms. The van der Waals surface area contributed by atoms with Gasteiger partial charge >= 0.3 is 5.97 Å². The van der Waals surface area contributed by atoms with Crippen LogP contribution in [-0.2, 0) is 4.79 Å². The van der Waals surface area contributed by atoms with Crippen molar-refractivity contribution in [3.05, 3.63) is 0 Å². The lowest BCUT2D eigenvalue weighted by molar-refractivity contribution is -0.137. The topological polar surface area (TPSA) is 37.3 Å². The maximum atomic E-state index is 10.3.